The largest absolute Gasteiger partial charge is 0.478 e. The Hall–Kier alpha value is -2.60. The topological polar surface area (TPSA) is 65.7 Å². The molecule has 0 spiro atoms. The Balaban J connectivity index is 1.29. The van der Waals surface area contributed by atoms with Crippen LogP contribution < -0.4 is 5.32 Å². The van der Waals surface area contributed by atoms with Gasteiger partial charge in [-0.3, -0.25) is 4.90 Å². The van der Waals surface area contributed by atoms with E-state index in [2.05, 4.69) is 40.5 Å². The fourth-order valence-corrected chi connectivity index (χ4v) is 4.06. The van der Waals surface area contributed by atoms with Gasteiger partial charge >= 0.3 is 5.97 Å². The molecule has 2 N–H and O–H groups in total. The Labute approximate surface area is 181 Å². The van der Waals surface area contributed by atoms with Crippen LogP contribution in [-0.2, 0) is 13.1 Å². The molecule has 2 aromatic carbocycles. The summed E-state index contributed by atoms with van der Waals surface area (Å²) in [5.41, 5.74) is 2.14. The van der Waals surface area contributed by atoms with Gasteiger partial charge < -0.3 is 14.8 Å². The molecule has 3 aromatic rings. The van der Waals surface area contributed by atoms with Gasteiger partial charge in [0, 0.05) is 18.2 Å². The van der Waals surface area contributed by atoms with Crippen molar-refractivity contribution in [3.63, 3.8) is 0 Å². The first kappa shape index (κ1) is 20.7. The van der Waals surface area contributed by atoms with Crippen molar-refractivity contribution in [1.82, 2.24) is 10.2 Å². The number of furan rings is 1. The van der Waals surface area contributed by atoms with Crippen molar-refractivity contribution >= 4 is 17.6 Å². The van der Waals surface area contributed by atoms with Crippen molar-refractivity contribution in [2.24, 2.45) is 0 Å². The van der Waals surface area contributed by atoms with Gasteiger partial charge in [0.05, 0.1) is 17.1 Å². The van der Waals surface area contributed by atoms with Crippen LogP contribution in [0.1, 0.15) is 34.5 Å². The summed E-state index contributed by atoms with van der Waals surface area (Å²) in [5.74, 6) is 0.408. The van der Waals surface area contributed by atoms with Gasteiger partial charge in [-0.25, -0.2) is 4.79 Å². The number of carboxylic acid groups (broad SMARTS) is 1. The number of piperidine rings is 1. The predicted octanol–water partition coefficient (Wildman–Crippen LogP) is 5.05. The van der Waals surface area contributed by atoms with Gasteiger partial charge in [-0.15, -0.1) is 0 Å². The maximum Gasteiger partial charge on any atom is 0.335 e. The maximum absolute atomic E-state index is 11.2. The summed E-state index contributed by atoms with van der Waals surface area (Å²) in [4.78, 5) is 13.7. The summed E-state index contributed by atoms with van der Waals surface area (Å²) in [6, 6.07) is 19.4. The zero-order chi connectivity index (χ0) is 20.9. The lowest BCUT2D eigenvalue weighted by molar-refractivity contribution is 0.0697. The van der Waals surface area contributed by atoms with Crippen LogP contribution in [-0.4, -0.2) is 35.1 Å². The monoisotopic (exact) mass is 424 g/mol. The van der Waals surface area contributed by atoms with Crippen molar-refractivity contribution in [2.45, 2.75) is 32.0 Å². The molecule has 5 nitrogen and oxygen atoms in total. The molecule has 0 atom stereocenters. The fourth-order valence-electron chi connectivity index (χ4n) is 3.85. The Morgan fingerprint density at radius 3 is 2.60 bits per heavy atom. The number of aromatic carboxylic acids is 1. The summed E-state index contributed by atoms with van der Waals surface area (Å²) in [5, 5.41) is 13.3. The Kier molecular flexibility index (Phi) is 6.53. The van der Waals surface area contributed by atoms with E-state index in [1.165, 1.54) is 11.6 Å². The van der Waals surface area contributed by atoms with E-state index in [0.29, 0.717) is 28.9 Å². The van der Waals surface area contributed by atoms with Crippen molar-refractivity contribution in [1.29, 1.82) is 0 Å². The second kappa shape index (κ2) is 9.47. The van der Waals surface area contributed by atoms with Crippen LogP contribution in [0, 0.1) is 0 Å². The van der Waals surface area contributed by atoms with Crippen LogP contribution in [0.4, 0.5) is 0 Å². The molecule has 156 valence electrons. The number of hydrogen-bond acceptors (Lipinski definition) is 4. The molecule has 0 unspecified atom stereocenters. The summed E-state index contributed by atoms with van der Waals surface area (Å²) in [6.45, 7) is 3.80. The van der Waals surface area contributed by atoms with Gasteiger partial charge in [0.1, 0.15) is 11.5 Å². The average Bonchev–Trinajstić information content (AvgIpc) is 3.23. The predicted molar refractivity (Wildman–Crippen MR) is 118 cm³/mol. The second-order valence-electron chi connectivity index (χ2n) is 7.68. The third-order valence-electron chi connectivity index (χ3n) is 5.54. The standard InChI is InChI=1S/C24H25ClN2O3/c25-22-8-6-18(24(28)29)14-21(22)23-9-7-20(30-23)15-26-19-10-12-27(13-11-19)16-17-4-2-1-3-5-17/h1-9,14,19,26H,10-13,15-16H2,(H,28,29). The third-order valence-corrected chi connectivity index (χ3v) is 5.87. The number of nitrogens with one attached hydrogen (secondary N) is 1. The lowest BCUT2D eigenvalue weighted by Crippen LogP contribution is -2.41. The average molecular weight is 425 g/mol. The van der Waals surface area contributed by atoms with Crippen LogP contribution >= 0.6 is 11.6 Å². The molecular weight excluding hydrogens is 400 g/mol. The zero-order valence-corrected chi connectivity index (χ0v) is 17.4. The normalized spacial score (nSPS) is 15.4. The van der Waals surface area contributed by atoms with E-state index < -0.39 is 5.97 Å². The van der Waals surface area contributed by atoms with Crippen LogP contribution in [0.5, 0.6) is 0 Å². The molecule has 1 aliphatic rings. The van der Waals surface area contributed by atoms with Gasteiger partial charge in [0.15, 0.2) is 0 Å². The van der Waals surface area contributed by atoms with E-state index >= 15 is 0 Å². The molecule has 2 heterocycles. The number of rotatable bonds is 7. The van der Waals surface area contributed by atoms with Crippen molar-refractivity contribution in [2.75, 3.05) is 13.1 Å². The molecule has 0 saturated carbocycles. The summed E-state index contributed by atoms with van der Waals surface area (Å²) >= 11 is 6.24. The quantitative estimate of drug-likeness (QED) is 0.555. The smallest absolute Gasteiger partial charge is 0.335 e. The van der Waals surface area contributed by atoms with Gasteiger partial charge in [0.25, 0.3) is 0 Å². The highest BCUT2D eigenvalue weighted by Gasteiger charge is 2.19. The van der Waals surface area contributed by atoms with E-state index in [0.717, 1.165) is 38.2 Å². The Morgan fingerprint density at radius 1 is 1.10 bits per heavy atom. The van der Waals surface area contributed by atoms with Gasteiger partial charge in [-0.05, 0) is 61.8 Å². The first-order valence-corrected chi connectivity index (χ1v) is 10.6. The molecule has 0 radical (unpaired) electrons. The lowest BCUT2D eigenvalue weighted by atomic mass is 10.0. The molecule has 0 aliphatic carbocycles. The summed E-state index contributed by atoms with van der Waals surface area (Å²) in [7, 11) is 0. The summed E-state index contributed by atoms with van der Waals surface area (Å²) in [6.07, 6.45) is 2.21. The minimum absolute atomic E-state index is 0.188. The number of hydrogen-bond donors (Lipinski definition) is 2. The molecule has 1 fully saturated rings. The second-order valence-corrected chi connectivity index (χ2v) is 8.09. The number of likely N-dealkylation sites (tertiary alicyclic amines) is 1. The molecule has 6 heteroatoms. The molecule has 0 bridgehead atoms. The molecule has 1 saturated heterocycles. The van der Waals surface area contributed by atoms with Crippen molar-refractivity contribution in [3.8, 4) is 11.3 Å². The molecular formula is C24H25ClN2O3. The number of carbonyl (C=O) groups is 1. The first-order valence-electron chi connectivity index (χ1n) is 10.2. The van der Waals surface area contributed by atoms with Crippen molar-refractivity contribution < 1.29 is 14.3 Å². The minimum Gasteiger partial charge on any atom is -0.478 e. The third kappa shape index (κ3) is 5.11. The SMILES string of the molecule is O=C(O)c1ccc(Cl)c(-c2ccc(CNC3CCN(Cc4ccccc4)CC3)o2)c1. The maximum atomic E-state index is 11.2. The molecule has 1 aromatic heterocycles. The van der Waals surface area contributed by atoms with Crippen LogP contribution in [0.15, 0.2) is 65.1 Å². The number of carboxylic acids is 1. The van der Waals surface area contributed by atoms with E-state index in [1.54, 1.807) is 12.1 Å². The van der Waals surface area contributed by atoms with Crippen LogP contribution in [0.3, 0.4) is 0 Å². The summed E-state index contributed by atoms with van der Waals surface area (Å²) < 4.78 is 5.93. The highest BCUT2D eigenvalue weighted by molar-refractivity contribution is 6.33. The van der Waals surface area contributed by atoms with Crippen LogP contribution in [0.2, 0.25) is 5.02 Å². The van der Waals surface area contributed by atoms with E-state index in [1.807, 2.05) is 12.1 Å². The van der Waals surface area contributed by atoms with E-state index in [4.69, 9.17) is 16.0 Å². The zero-order valence-electron chi connectivity index (χ0n) is 16.7. The number of halogens is 1. The Morgan fingerprint density at radius 2 is 1.87 bits per heavy atom. The van der Waals surface area contributed by atoms with E-state index in [-0.39, 0.29) is 5.56 Å². The molecule has 1 aliphatic heterocycles. The Bertz CT molecular complexity index is 995. The van der Waals surface area contributed by atoms with E-state index in [9.17, 15) is 9.90 Å². The molecule has 4 rings (SSSR count). The first-order chi connectivity index (χ1) is 14.6. The van der Waals surface area contributed by atoms with Gasteiger partial charge in [0.2, 0.25) is 0 Å². The minimum atomic E-state index is -0.986. The number of benzene rings is 2. The van der Waals surface area contributed by atoms with Crippen molar-refractivity contribution in [3.05, 3.63) is 82.6 Å². The van der Waals surface area contributed by atoms with Crippen LogP contribution in [0.25, 0.3) is 11.3 Å². The van der Waals surface area contributed by atoms with Gasteiger partial charge in [-0.2, -0.15) is 0 Å². The van der Waals surface area contributed by atoms with Gasteiger partial charge in [-0.1, -0.05) is 41.9 Å². The highest BCUT2D eigenvalue weighted by atomic mass is 35.5. The fraction of sp³-hybridized carbons (Fsp3) is 0.292. The molecule has 0 amide bonds. The number of nitrogens with zero attached hydrogens (tertiary/aromatic N) is 1. The molecule has 30 heavy (non-hydrogen) atoms. The lowest BCUT2D eigenvalue weighted by Gasteiger charge is -2.32. The highest BCUT2D eigenvalue weighted by Crippen LogP contribution is 2.30.